The molecule has 0 saturated carbocycles. The predicted octanol–water partition coefficient (Wildman–Crippen LogP) is 3.26. The number of nitrogens with zero attached hydrogens (tertiary/aromatic N) is 1. The van der Waals surface area contributed by atoms with Crippen molar-refractivity contribution >= 4 is 0 Å². The number of hydrogen-bond donors (Lipinski definition) is 2. The fourth-order valence-corrected chi connectivity index (χ4v) is 2.92. The molecule has 2 aromatic rings. The minimum Gasteiger partial charge on any atom is -0.508 e. The third-order valence-electron chi connectivity index (χ3n) is 4.08. The number of pyridine rings is 1. The molecule has 0 aliphatic heterocycles. The average Bonchev–Trinajstić information content (AvgIpc) is 2.46. The molecular formula is C17H20N2O. The molecule has 0 bridgehead atoms. The molecule has 1 aromatic heterocycles. The topological polar surface area (TPSA) is 45.2 Å². The largest absolute Gasteiger partial charge is 0.508 e. The molecule has 3 heteroatoms. The molecule has 2 N–H and O–H groups in total. The number of benzene rings is 1. The summed E-state index contributed by atoms with van der Waals surface area (Å²) in [5.74, 6) is 0.353. The van der Waals surface area contributed by atoms with Crippen molar-refractivity contribution in [3.8, 4) is 5.75 Å². The van der Waals surface area contributed by atoms with E-state index < -0.39 is 0 Å². The van der Waals surface area contributed by atoms with Gasteiger partial charge in [-0.1, -0.05) is 12.1 Å². The van der Waals surface area contributed by atoms with Crippen LogP contribution in [0.2, 0.25) is 0 Å². The van der Waals surface area contributed by atoms with Gasteiger partial charge in [0.05, 0.1) is 5.69 Å². The molecule has 1 aliphatic carbocycles. The van der Waals surface area contributed by atoms with E-state index in [-0.39, 0.29) is 0 Å². The molecule has 20 heavy (non-hydrogen) atoms. The number of phenolic OH excluding ortho intramolecular Hbond substituents is 1. The van der Waals surface area contributed by atoms with Crippen LogP contribution in [0.5, 0.6) is 5.75 Å². The molecule has 104 valence electrons. The molecule has 0 radical (unpaired) electrons. The summed E-state index contributed by atoms with van der Waals surface area (Å²) in [5, 5.41) is 13.3. The summed E-state index contributed by atoms with van der Waals surface area (Å²) in [4.78, 5) is 4.42. The smallest absolute Gasteiger partial charge is 0.115 e. The van der Waals surface area contributed by atoms with Gasteiger partial charge in [-0.2, -0.15) is 0 Å². The summed E-state index contributed by atoms with van der Waals surface area (Å²) in [6, 6.07) is 10.1. The first-order valence-electron chi connectivity index (χ1n) is 7.20. The van der Waals surface area contributed by atoms with Crippen LogP contribution in [0.1, 0.15) is 41.3 Å². The van der Waals surface area contributed by atoms with Gasteiger partial charge in [0.2, 0.25) is 0 Å². The second-order valence-electron chi connectivity index (χ2n) is 5.48. The number of aromatic nitrogens is 1. The molecule has 0 fully saturated rings. The Morgan fingerprint density at radius 3 is 3.10 bits per heavy atom. The first kappa shape index (κ1) is 13.1. The number of fused-ring (bicyclic) bond motifs is 1. The molecule has 1 aromatic carbocycles. The van der Waals surface area contributed by atoms with E-state index in [9.17, 15) is 5.11 Å². The summed E-state index contributed by atoms with van der Waals surface area (Å²) in [5.41, 5.74) is 4.90. The van der Waals surface area contributed by atoms with Crippen LogP contribution in [-0.4, -0.2) is 10.1 Å². The maximum absolute atomic E-state index is 9.70. The van der Waals surface area contributed by atoms with Crippen LogP contribution in [0.25, 0.3) is 0 Å². The first-order valence-corrected chi connectivity index (χ1v) is 7.20. The normalized spacial score (nSPS) is 17.8. The van der Waals surface area contributed by atoms with Crippen molar-refractivity contribution in [3.63, 3.8) is 0 Å². The Hall–Kier alpha value is -1.87. The van der Waals surface area contributed by atoms with Crippen molar-refractivity contribution in [2.24, 2.45) is 0 Å². The quantitative estimate of drug-likeness (QED) is 0.898. The second kappa shape index (κ2) is 5.63. The molecular weight excluding hydrogens is 248 g/mol. The highest BCUT2D eigenvalue weighted by atomic mass is 16.3. The number of rotatable bonds is 3. The SMILES string of the molecule is Cc1cccnc1CNC1CCCc2ccc(O)cc21. The summed E-state index contributed by atoms with van der Waals surface area (Å²) < 4.78 is 0. The molecule has 1 unspecified atom stereocenters. The van der Waals surface area contributed by atoms with Crippen molar-refractivity contribution in [3.05, 3.63) is 58.9 Å². The predicted molar refractivity (Wildman–Crippen MR) is 79.6 cm³/mol. The third kappa shape index (κ3) is 2.68. The fraction of sp³-hybridized carbons (Fsp3) is 0.353. The first-order chi connectivity index (χ1) is 9.74. The van der Waals surface area contributed by atoms with Crippen molar-refractivity contribution in [1.29, 1.82) is 0 Å². The summed E-state index contributed by atoms with van der Waals surface area (Å²) in [6.07, 6.45) is 5.25. The minimum absolute atomic E-state index is 0.312. The van der Waals surface area contributed by atoms with Gasteiger partial charge < -0.3 is 10.4 Å². The molecule has 1 atom stereocenters. The van der Waals surface area contributed by atoms with E-state index in [2.05, 4.69) is 23.3 Å². The van der Waals surface area contributed by atoms with Crippen LogP contribution in [0, 0.1) is 6.92 Å². The second-order valence-corrected chi connectivity index (χ2v) is 5.48. The Bertz CT molecular complexity index is 610. The zero-order valence-corrected chi connectivity index (χ0v) is 11.8. The van der Waals surface area contributed by atoms with Gasteiger partial charge >= 0.3 is 0 Å². The third-order valence-corrected chi connectivity index (χ3v) is 4.08. The van der Waals surface area contributed by atoms with Gasteiger partial charge in [0.15, 0.2) is 0 Å². The van der Waals surface area contributed by atoms with Gasteiger partial charge in [0, 0.05) is 18.8 Å². The van der Waals surface area contributed by atoms with E-state index in [4.69, 9.17) is 0 Å². The van der Waals surface area contributed by atoms with Gasteiger partial charge in [-0.3, -0.25) is 4.98 Å². The molecule has 0 saturated heterocycles. The van der Waals surface area contributed by atoms with Crippen LogP contribution in [0.4, 0.5) is 0 Å². The number of nitrogens with one attached hydrogen (secondary N) is 1. The molecule has 1 heterocycles. The van der Waals surface area contributed by atoms with Gasteiger partial charge in [0.1, 0.15) is 5.75 Å². The van der Waals surface area contributed by atoms with Crippen LogP contribution in [-0.2, 0) is 13.0 Å². The lowest BCUT2D eigenvalue weighted by molar-refractivity contribution is 0.443. The van der Waals surface area contributed by atoms with Crippen LogP contribution in [0.3, 0.4) is 0 Å². The Labute approximate surface area is 119 Å². The summed E-state index contributed by atoms with van der Waals surface area (Å²) >= 11 is 0. The molecule has 3 rings (SSSR count). The van der Waals surface area contributed by atoms with Crippen LogP contribution in [0.15, 0.2) is 36.5 Å². The van der Waals surface area contributed by atoms with Crippen LogP contribution < -0.4 is 5.32 Å². The van der Waals surface area contributed by atoms with Gasteiger partial charge in [-0.15, -0.1) is 0 Å². The van der Waals surface area contributed by atoms with Gasteiger partial charge in [-0.25, -0.2) is 0 Å². The lowest BCUT2D eigenvalue weighted by Crippen LogP contribution is -2.25. The Morgan fingerprint density at radius 2 is 2.25 bits per heavy atom. The highest BCUT2D eigenvalue weighted by Crippen LogP contribution is 2.32. The lowest BCUT2D eigenvalue weighted by Gasteiger charge is -2.26. The van der Waals surface area contributed by atoms with E-state index >= 15 is 0 Å². The minimum atomic E-state index is 0.312. The fourth-order valence-electron chi connectivity index (χ4n) is 2.92. The van der Waals surface area contributed by atoms with Crippen molar-refractivity contribution in [2.45, 2.75) is 38.8 Å². The highest BCUT2D eigenvalue weighted by molar-refractivity contribution is 5.38. The van der Waals surface area contributed by atoms with Gasteiger partial charge in [-0.05, 0) is 61.1 Å². The van der Waals surface area contributed by atoms with Crippen LogP contribution >= 0.6 is 0 Å². The molecule has 0 amide bonds. The summed E-state index contributed by atoms with van der Waals surface area (Å²) in [6.45, 7) is 2.86. The maximum Gasteiger partial charge on any atom is 0.115 e. The number of aromatic hydroxyl groups is 1. The standard InChI is InChI=1S/C17H20N2O/c1-12-4-3-9-18-17(12)11-19-16-6-2-5-13-7-8-14(20)10-15(13)16/h3-4,7-10,16,19-20H,2,5-6,11H2,1H3. The number of phenols is 1. The van der Waals surface area contributed by atoms with Crippen molar-refractivity contribution in [1.82, 2.24) is 10.3 Å². The Balaban J connectivity index is 1.77. The van der Waals surface area contributed by atoms with Crippen molar-refractivity contribution in [2.75, 3.05) is 0 Å². The Morgan fingerprint density at radius 1 is 1.35 bits per heavy atom. The number of aryl methyl sites for hydroxylation is 2. The number of hydrogen-bond acceptors (Lipinski definition) is 3. The van der Waals surface area contributed by atoms with E-state index in [0.29, 0.717) is 11.8 Å². The van der Waals surface area contributed by atoms with Gasteiger partial charge in [0.25, 0.3) is 0 Å². The molecule has 3 nitrogen and oxygen atoms in total. The van der Waals surface area contributed by atoms with E-state index in [1.54, 1.807) is 6.07 Å². The Kier molecular flexibility index (Phi) is 3.70. The molecule has 1 aliphatic rings. The van der Waals surface area contributed by atoms with E-state index in [0.717, 1.165) is 25.1 Å². The van der Waals surface area contributed by atoms with E-state index in [1.807, 2.05) is 24.4 Å². The molecule has 0 spiro atoms. The highest BCUT2D eigenvalue weighted by Gasteiger charge is 2.20. The zero-order valence-electron chi connectivity index (χ0n) is 11.8. The van der Waals surface area contributed by atoms with Crippen molar-refractivity contribution < 1.29 is 5.11 Å². The maximum atomic E-state index is 9.70. The zero-order chi connectivity index (χ0) is 13.9. The monoisotopic (exact) mass is 268 g/mol. The average molecular weight is 268 g/mol. The summed E-state index contributed by atoms with van der Waals surface area (Å²) in [7, 11) is 0. The lowest BCUT2D eigenvalue weighted by atomic mass is 9.87. The van der Waals surface area contributed by atoms with E-state index in [1.165, 1.54) is 23.1 Å².